The molecule has 32 heavy (non-hydrogen) atoms. The Balaban J connectivity index is 1.66. The topological polar surface area (TPSA) is 118 Å². The van der Waals surface area contributed by atoms with Gasteiger partial charge in [0.2, 0.25) is 0 Å². The van der Waals surface area contributed by atoms with Gasteiger partial charge < -0.3 is 4.42 Å². The van der Waals surface area contributed by atoms with Crippen LogP contribution in [0.4, 0.5) is 4.39 Å². The maximum absolute atomic E-state index is 13.2. The fourth-order valence-corrected chi connectivity index (χ4v) is 3.18. The number of amides is 2. The van der Waals surface area contributed by atoms with Crippen LogP contribution in [0.3, 0.4) is 0 Å². The number of furan rings is 1. The van der Waals surface area contributed by atoms with E-state index in [1.165, 1.54) is 16.8 Å². The van der Waals surface area contributed by atoms with Gasteiger partial charge in [0.25, 0.3) is 5.91 Å². The molecule has 2 heterocycles. The molecular weight excluding hydrogens is 417 g/mol. The van der Waals surface area contributed by atoms with Gasteiger partial charge in [-0.25, -0.2) is 9.07 Å². The number of hydrogen-bond acceptors (Lipinski definition) is 7. The van der Waals surface area contributed by atoms with Gasteiger partial charge in [-0.2, -0.15) is 0 Å². The fourth-order valence-electron chi connectivity index (χ4n) is 3.18. The smallest absolute Gasteiger partial charge is 0.305 e. The lowest BCUT2D eigenvalue weighted by Crippen LogP contribution is -2.45. The Morgan fingerprint density at radius 1 is 1.12 bits per heavy atom. The summed E-state index contributed by atoms with van der Waals surface area (Å²) in [6.07, 6.45) is 0.197. The third-order valence-corrected chi connectivity index (χ3v) is 5.06. The standard InChI is InChI=1S/C21H26FN7O3/c1-4-28(5-2)13-17-10-11-19(32-17)21(31)25-24-20(30)18(29-14(3)23-26-27-29)12-15-6-8-16(22)9-7-15/h6-11,18H,4-5,12-13H2,1-3H3,(H,24,30)(H,25,31)/t18-/m0/s1. The molecule has 0 saturated carbocycles. The molecule has 10 nitrogen and oxygen atoms in total. The Morgan fingerprint density at radius 3 is 2.47 bits per heavy atom. The number of aryl methyl sites for hydroxylation is 1. The molecule has 0 aliphatic heterocycles. The van der Waals surface area contributed by atoms with Gasteiger partial charge in [0.15, 0.2) is 5.76 Å². The molecule has 0 bridgehead atoms. The van der Waals surface area contributed by atoms with Crippen molar-refractivity contribution < 1.29 is 18.4 Å². The zero-order valence-corrected chi connectivity index (χ0v) is 18.2. The normalized spacial score (nSPS) is 12.0. The van der Waals surface area contributed by atoms with Crippen molar-refractivity contribution in [3.63, 3.8) is 0 Å². The Labute approximate surface area is 184 Å². The maximum Gasteiger partial charge on any atom is 0.305 e. The van der Waals surface area contributed by atoms with E-state index >= 15 is 0 Å². The number of hydrogen-bond donors (Lipinski definition) is 2. The highest BCUT2D eigenvalue weighted by Gasteiger charge is 2.25. The van der Waals surface area contributed by atoms with E-state index in [0.717, 1.165) is 13.1 Å². The first-order valence-electron chi connectivity index (χ1n) is 10.3. The summed E-state index contributed by atoms with van der Waals surface area (Å²) in [5.41, 5.74) is 5.47. The average molecular weight is 443 g/mol. The molecule has 0 radical (unpaired) electrons. The molecule has 2 amide bonds. The first-order chi connectivity index (χ1) is 15.4. The van der Waals surface area contributed by atoms with Gasteiger partial charge in [0.1, 0.15) is 23.4 Å². The summed E-state index contributed by atoms with van der Waals surface area (Å²) >= 11 is 0. The molecule has 1 aromatic carbocycles. The van der Waals surface area contributed by atoms with E-state index in [2.05, 4.69) is 31.3 Å². The van der Waals surface area contributed by atoms with Gasteiger partial charge in [0.05, 0.1) is 6.54 Å². The van der Waals surface area contributed by atoms with Gasteiger partial charge in [-0.15, -0.1) is 5.10 Å². The summed E-state index contributed by atoms with van der Waals surface area (Å²) in [6, 6.07) is 8.21. The SMILES string of the molecule is CCN(CC)Cc1ccc(C(=O)NNC(=O)[C@H](Cc2ccc(F)cc2)n2nnnc2C)o1. The van der Waals surface area contributed by atoms with Crippen LogP contribution in [0.25, 0.3) is 0 Å². The van der Waals surface area contributed by atoms with Crippen LogP contribution in [-0.2, 0) is 17.8 Å². The molecule has 0 unspecified atom stereocenters. The van der Waals surface area contributed by atoms with Crippen LogP contribution in [0.5, 0.6) is 0 Å². The Hall–Kier alpha value is -3.60. The number of tetrazole rings is 1. The van der Waals surface area contributed by atoms with Crippen LogP contribution >= 0.6 is 0 Å². The van der Waals surface area contributed by atoms with Crippen molar-refractivity contribution in [3.05, 3.63) is 65.1 Å². The predicted molar refractivity (Wildman–Crippen MR) is 113 cm³/mol. The lowest BCUT2D eigenvalue weighted by atomic mass is 10.1. The summed E-state index contributed by atoms with van der Waals surface area (Å²) in [6.45, 7) is 8.06. The van der Waals surface area contributed by atoms with Crippen molar-refractivity contribution in [2.75, 3.05) is 13.1 Å². The molecule has 0 spiro atoms. The molecule has 2 N–H and O–H groups in total. The zero-order valence-electron chi connectivity index (χ0n) is 18.2. The molecule has 3 rings (SSSR count). The second kappa shape index (κ2) is 10.6. The average Bonchev–Trinajstić information content (AvgIpc) is 3.44. The van der Waals surface area contributed by atoms with Crippen LogP contribution < -0.4 is 10.9 Å². The second-order valence-electron chi connectivity index (χ2n) is 7.19. The number of nitrogens with zero attached hydrogens (tertiary/aromatic N) is 5. The Bertz CT molecular complexity index is 1040. The monoisotopic (exact) mass is 443 g/mol. The molecule has 0 aliphatic carbocycles. The Kier molecular flexibility index (Phi) is 7.66. The molecule has 0 fully saturated rings. The molecular formula is C21H26FN7O3. The number of rotatable bonds is 9. The number of hydrazine groups is 1. The highest BCUT2D eigenvalue weighted by atomic mass is 19.1. The van der Waals surface area contributed by atoms with E-state index in [4.69, 9.17) is 4.42 Å². The molecule has 11 heteroatoms. The predicted octanol–water partition coefficient (Wildman–Crippen LogP) is 1.80. The van der Waals surface area contributed by atoms with Crippen molar-refractivity contribution in [1.82, 2.24) is 36.0 Å². The summed E-state index contributed by atoms with van der Waals surface area (Å²) in [4.78, 5) is 27.5. The minimum absolute atomic E-state index is 0.0844. The number of nitrogens with one attached hydrogen (secondary N) is 2. The van der Waals surface area contributed by atoms with Crippen molar-refractivity contribution >= 4 is 11.8 Å². The third-order valence-electron chi connectivity index (χ3n) is 5.06. The summed E-state index contributed by atoms with van der Waals surface area (Å²) < 4.78 is 20.2. The largest absolute Gasteiger partial charge is 0.454 e. The van der Waals surface area contributed by atoms with E-state index in [1.807, 2.05) is 13.8 Å². The quantitative estimate of drug-likeness (QED) is 0.484. The van der Waals surface area contributed by atoms with Crippen LogP contribution in [0.1, 0.15) is 47.6 Å². The van der Waals surface area contributed by atoms with Gasteiger partial charge in [0, 0.05) is 6.42 Å². The number of halogens is 1. The van der Waals surface area contributed by atoms with Crippen LogP contribution in [0.15, 0.2) is 40.8 Å². The van der Waals surface area contributed by atoms with Crippen molar-refractivity contribution in [2.45, 2.75) is 39.8 Å². The number of carbonyl (C=O) groups excluding carboxylic acids is 2. The van der Waals surface area contributed by atoms with Crippen molar-refractivity contribution in [2.24, 2.45) is 0 Å². The summed E-state index contributed by atoms with van der Waals surface area (Å²) in [5, 5.41) is 11.3. The minimum Gasteiger partial charge on any atom is -0.454 e. The van der Waals surface area contributed by atoms with E-state index < -0.39 is 17.9 Å². The van der Waals surface area contributed by atoms with Crippen LogP contribution in [-0.4, -0.2) is 50.0 Å². The van der Waals surface area contributed by atoms with E-state index in [-0.39, 0.29) is 18.0 Å². The summed E-state index contributed by atoms with van der Waals surface area (Å²) in [7, 11) is 0. The van der Waals surface area contributed by atoms with Crippen LogP contribution in [0, 0.1) is 12.7 Å². The van der Waals surface area contributed by atoms with Crippen molar-refractivity contribution in [3.8, 4) is 0 Å². The lowest BCUT2D eigenvalue weighted by Gasteiger charge is -2.18. The van der Waals surface area contributed by atoms with Gasteiger partial charge >= 0.3 is 5.91 Å². The second-order valence-corrected chi connectivity index (χ2v) is 7.19. The van der Waals surface area contributed by atoms with Gasteiger partial charge in [-0.1, -0.05) is 26.0 Å². The third kappa shape index (κ3) is 5.76. The number of carbonyl (C=O) groups is 2. The number of benzene rings is 1. The minimum atomic E-state index is -0.856. The highest BCUT2D eigenvalue weighted by molar-refractivity contribution is 5.93. The number of aromatic nitrogens is 4. The molecule has 1 atom stereocenters. The lowest BCUT2D eigenvalue weighted by molar-refractivity contribution is -0.125. The Morgan fingerprint density at radius 2 is 1.84 bits per heavy atom. The maximum atomic E-state index is 13.2. The van der Waals surface area contributed by atoms with Crippen LogP contribution in [0.2, 0.25) is 0 Å². The van der Waals surface area contributed by atoms with E-state index in [1.54, 1.807) is 31.2 Å². The molecule has 0 aliphatic rings. The molecule has 3 aromatic rings. The fraction of sp³-hybridized carbons (Fsp3) is 0.381. The molecule has 170 valence electrons. The molecule has 2 aromatic heterocycles. The highest BCUT2D eigenvalue weighted by Crippen LogP contribution is 2.16. The zero-order chi connectivity index (χ0) is 23.1. The first-order valence-corrected chi connectivity index (χ1v) is 10.3. The van der Waals surface area contributed by atoms with E-state index in [0.29, 0.717) is 23.7 Å². The van der Waals surface area contributed by atoms with Crippen molar-refractivity contribution in [1.29, 1.82) is 0 Å². The van der Waals surface area contributed by atoms with E-state index in [9.17, 15) is 14.0 Å². The summed E-state index contributed by atoms with van der Waals surface area (Å²) in [5.74, 6) is -0.332. The first kappa shape index (κ1) is 23.1. The van der Waals surface area contributed by atoms with Gasteiger partial charge in [-0.3, -0.25) is 25.3 Å². The van der Waals surface area contributed by atoms with Gasteiger partial charge in [-0.05, 0) is 60.3 Å². The molecule has 0 saturated heterocycles.